The molecule has 0 saturated heterocycles. The summed E-state index contributed by atoms with van der Waals surface area (Å²) < 4.78 is 15.0. The molecule has 0 aliphatic heterocycles. The van der Waals surface area contributed by atoms with Crippen LogP contribution in [0.1, 0.15) is 26.7 Å². The lowest BCUT2D eigenvalue weighted by atomic mass is 10.1. The molecule has 0 spiro atoms. The van der Waals surface area contributed by atoms with E-state index in [1.54, 1.807) is 31.2 Å². The fourth-order valence-electron chi connectivity index (χ4n) is 1.78. The van der Waals surface area contributed by atoms with Crippen LogP contribution in [0.5, 0.6) is 5.75 Å². The number of esters is 1. The van der Waals surface area contributed by atoms with E-state index in [1.165, 1.54) is 20.3 Å². The molecule has 0 radical (unpaired) electrons. The van der Waals surface area contributed by atoms with Gasteiger partial charge >= 0.3 is 5.97 Å². The third-order valence-electron chi connectivity index (χ3n) is 2.84. The van der Waals surface area contributed by atoms with Crippen LogP contribution in [0.3, 0.4) is 0 Å². The Morgan fingerprint density at radius 2 is 1.90 bits per heavy atom. The highest BCUT2D eigenvalue weighted by Crippen LogP contribution is 2.23. The van der Waals surface area contributed by atoms with E-state index in [1.807, 2.05) is 0 Å². The van der Waals surface area contributed by atoms with Crippen molar-refractivity contribution >= 4 is 17.6 Å². The smallest absolute Gasteiger partial charge is 0.340 e. The molecule has 0 bridgehead atoms. The van der Waals surface area contributed by atoms with Crippen molar-refractivity contribution < 1.29 is 23.5 Å². The first-order valence-corrected chi connectivity index (χ1v) is 6.19. The van der Waals surface area contributed by atoms with E-state index in [0.717, 1.165) is 0 Å². The number of anilines is 1. The fourth-order valence-corrected chi connectivity index (χ4v) is 1.78. The van der Waals surface area contributed by atoms with E-state index < -0.39 is 11.9 Å². The van der Waals surface area contributed by atoms with Gasteiger partial charge in [-0.3, -0.25) is 4.79 Å². The van der Waals surface area contributed by atoms with Crippen molar-refractivity contribution in [2.24, 2.45) is 0 Å². The molecule has 2 aromatic rings. The Balaban J connectivity index is 2.30. The third-order valence-corrected chi connectivity index (χ3v) is 2.84. The van der Waals surface area contributed by atoms with Crippen molar-refractivity contribution in [1.29, 1.82) is 0 Å². The van der Waals surface area contributed by atoms with Crippen molar-refractivity contribution in [3.8, 4) is 5.75 Å². The number of rotatable bonds is 4. The molecule has 1 aromatic heterocycles. The van der Waals surface area contributed by atoms with E-state index in [2.05, 4.69) is 5.32 Å². The highest BCUT2D eigenvalue weighted by atomic mass is 16.5. The Morgan fingerprint density at radius 1 is 1.14 bits per heavy atom. The van der Waals surface area contributed by atoms with Gasteiger partial charge in [-0.1, -0.05) is 0 Å². The van der Waals surface area contributed by atoms with Crippen LogP contribution in [0, 0.1) is 6.92 Å². The topological polar surface area (TPSA) is 77.8 Å². The number of nitrogens with one attached hydrogen (secondary N) is 1. The number of ether oxygens (including phenoxy) is 2. The van der Waals surface area contributed by atoms with Crippen LogP contribution < -0.4 is 10.1 Å². The number of furan rings is 1. The average Bonchev–Trinajstić information content (AvgIpc) is 2.93. The molecule has 0 unspecified atom stereocenters. The van der Waals surface area contributed by atoms with Gasteiger partial charge in [0, 0.05) is 0 Å². The van der Waals surface area contributed by atoms with E-state index in [4.69, 9.17) is 13.9 Å². The first-order valence-electron chi connectivity index (χ1n) is 6.19. The van der Waals surface area contributed by atoms with Gasteiger partial charge in [-0.05, 0) is 37.3 Å². The summed E-state index contributed by atoms with van der Waals surface area (Å²) in [6.45, 7) is 1.74. The van der Waals surface area contributed by atoms with Crippen LogP contribution in [0.25, 0.3) is 0 Å². The number of amides is 1. The number of aryl methyl sites for hydroxylation is 1. The lowest BCUT2D eigenvalue weighted by molar-refractivity contribution is 0.0601. The number of carbonyl (C=O) groups is 2. The summed E-state index contributed by atoms with van der Waals surface area (Å²) in [5.41, 5.74) is 0.523. The van der Waals surface area contributed by atoms with Gasteiger partial charge in [0.1, 0.15) is 11.5 Å². The summed E-state index contributed by atoms with van der Waals surface area (Å²) in [7, 11) is 2.75. The Hall–Kier alpha value is -2.76. The molecule has 0 aliphatic carbocycles. The van der Waals surface area contributed by atoms with Crippen molar-refractivity contribution in [2.75, 3.05) is 19.5 Å². The molecule has 0 aliphatic rings. The van der Waals surface area contributed by atoms with Gasteiger partial charge in [0.15, 0.2) is 5.76 Å². The number of methoxy groups -OCH3 is 2. The zero-order chi connectivity index (χ0) is 15.4. The highest BCUT2D eigenvalue weighted by molar-refractivity contribution is 6.06. The summed E-state index contributed by atoms with van der Waals surface area (Å²) >= 11 is 0. The monoisotopic (exact) mass is 289 g/mol. The average molecular weight is 289 g/mol. The van der Waals surface area contributed by atoms with Crippen LogP contribution in [0.15, 0.2) is 34.7 Å². The van der Waals surface area contributed by atoms with Crippen molar-refractivity contribution in [1.82, 2.24) is 0 Å². The SMILES string of the molecule is COC(=O)c1cc(OC)ccc1NC(=O)c1ccc(C)o1. The normalized spacial score (nSPS) is 10.0. The van der Waals surface area contributed by atoms with Crippen molar-refractivity contribution in [3.05, 3.63) is 47.4 Å². The van der Waals surface area contributed by atoms with E-state index in [-0.39, 0.29) is 11.3 Å². The van der Waals surface area contributed by atoms with Gasteiger partial charge in [-0.25, -0.2) is 4.79 Å². The molecule has 0 atom stereocenters. The highest BCUT2D eigenvalue weighted by Gasteiger charge is 2.17. The predicted octanol–water partition coefficient (Wildman–Crippen LogP) is 2.64. The second-order valence-corrected chi connectivity index (χ2v) is 4.27. The minimum atomic E-state index is -0.570. The zero-order valence-electron chi connectivity index (χ0n) is 11.9. The molecule has 1 amide bonds. The quantitative estimate of drug-likeness (QED) is 0.875. The maximum absolute atomic E-state index is 12.1. The largest absolute Gasteiger partial charge is 0.497 e. The molecule has 2 rings (SSSR count). The first-order chi connectivity index (χ1) is 10.0. The van der Waals surface area contributed by atoms with Crippen LogP contribution >= 0.6 is 0 Å². The van der Waals surface area contributed by atoms with Gasteiger partial charge in [0.2, 0.25) is 0 Å². The van der Waals surface area contributed by atoms with Crippen LogP contribution in [-0.2, 0) is 4.74 Å². The molecule has 1 aromatic carbocycles. The van der Waals surface area contributed by atoms with E-state index in [0.29, 0.717) is 17.2 Å². The molecule has 0 saturated carbocycles. The van der Waals surface area contributed by atoms with E-state index in [9.17, 15) is 9.59 Å². The molecule has 1 N–H and O–H groups in total. The molecule has 6 heteroatoms. The number of carbonyl (C=O) groups excluding carboxylic acids is 2. The van der Waals surface area contributed by atoms with Crippen LogP contribution in [0.4, 0.5) is 5.69 Å². The molecule has 1 heterocycles. The fraction of sp³-hybridized carbons (Fsp3) is 0.200. The Kier molecular flexibility index (Phi) is 4.27. The lowest BCUT2D eigenvalue weighted by Gasteiger charge is -2.10. The zero-order valence-corrected chi connectivity index (χ0v) is 11.9. The third kappa shape index (κ3) is 3.22. The maximum Gasteiger partial charge on any atom is 0.340 e. The maximum atomic E-state index is 12.1. The van der Waals surface area contributed by atoms with Crippen molar-refractivity contribution in [3.63, 3.8) is 0 Å². The lowest BCUT2D eigenvalue weighted by Crippen LogP contribution is -2.15. The molecule has 0 fully saturated rings. The number of hydrogen-bond acceptors (Lipinski definition) is 5. The minimum absolute atomic E-state index is 0.166. The number of benzene rings is 1. The molecular formula is C15H15NO5. The Morgan fingerprint density at radius 3 is 2.48 bits per heavy atom. The summed E-state index contributed by atoms with van der Waals surface area (Å²) in [4.78, 5) is 23.8. The molecule has 21 heavy (non-hydrogen) atoms. The summed E-state index contributed by atoms with van der Waals surface area (Å²) in [6.07, 6.45) is 0. The Bertz CT molecular complexity index is 674. The van der Waals surface area contributed by atoms with Gasteiger partial charge in [-0.2, -0.15) is 0 Å². The minimum Gasteiger partial charge on any atom is -0.497 e. The van der Waals surface area contributed by atoms with Gasteiger partial charge in [-0.15, -0.1) is 0 Å². The first kappa shape index (κ1) is 14.6. The van der Waals surface area contributed by atoms with Gasteiger partial charge in [0.25, 0.3) is 5.91 Å². The summed E-state index contributed by atoms with van der Waals surface area (Å²) in [5.74, 6) is 0.266. The predicted molar refractivity (Wildman–Crippen MR) is 75.7 cm³/mol. The van der Waals surface area contributed by atoms with E-state index >= 15 is 0 Å². The van der Waals surface area contributed by atoms with Crippen LogP contribution in [0.2, 0.25) is 0 Å². The van der Waals surface area contributed by atoms with Gasteiger partial charge in [0.05, 0.1) is 25.5 Å². The van der Waals surface area contributed by atoms with Crippen molar-refractivity contribution in [2.45, 2.75) is 6.92 Å². The van der Waals surface area contributed by atoms with Gasteiger partial charge < -0.3 is 19.2 Å². The second kappa shape index (κ2) is 6.13. The standard InChI is InChI=1S/C15H15NO5/c1-9-4-7-13(21-9)14(17)16-12-6-5-10(19-2)8-11(12)15(18)20-3/h4-8H,1-3H3,(H,16,17). The Labute approximate surface area is 121 Å². The molecule has 110 valence electrons. The van der Waals surface area contributed by atoms with Crippen LogP contribution in [-0.4, -0.2) is 26.1 Å². The summed E-state index contributed by atoms with van der Waals surface area (Å²) in [6, 6.07) is 7.94. The second-order valence-electron chi connectivity index (χ2n) is 4.27. The molecule has 6 nitrogen and oxygen atoms in total. The number of hydrogen-bond donors (Lipinski definition) is 1. The summed E-state index contributed by atoms with van der Waals surface area (Å²) in [5, 5.41) is 2.62. The molecular weight excluding hydrogens is 274 g/mol.